The van der Waals surface area contributed by atoms with Gasteiger partial charge in [-0.3, -0.25) is 14.9 Å². The molecule has 1 fully saturated rings. The average molecular weight is 521 g/mol. The zero-order valence-corrected chi connectivity index (χ0v) is 19.9. The zero-order valence-electron chi connectivity index (χ0n) is 18.3. The molecule has 7 nitrogen and oxygen atoms in total. The van der Waals surface area contributed by atoms with E-state index in [1.807, 2.05) is 31.2 Å². The molecule has 0 aromatic heterocycles. The number of halogens is 1. The predicted molar refractivity (Wildman–Crippen MR) is 132 cm³/mol. The first kappa shape index (κ1) is 23.3. The van der Waals surface area contributed by atoms with Crippen molar-refractivity contribution in [3.05, 3.63) is 94.0 Å². The van der Waals surface area contributed by atoms with Gasteiger partial charge in [0, 0.05) is 4.47 Å². The molecule has 172 valence electrons. The Morgan fingerprint density at radius 3 is 2.26 bits per heavy atom. The number of rotatable bonds is 7. The van der Waals surface area contributed by atoms with E-state index in [1.165, 1.54) is 6.08 Å². The molecule has 0 atom stereocenters. The van der Waals surface area contributed by atoms with Crippen LogP contribution in [0.5, 0.6) is 11.5 Å². The highest BCUT2D eigenvalue weighted by Crippen LogP contribution is 2.24. The van der Waals surface area contributed by atoms with E-state index < -0.39 is 17.8 Å². The maximum absolute atomic E-state index is 13.0. The summed E-state index contributed by atoms with van der Waals surface area (Å²) in [5.41, 5.74) is 1.95. The van der Waals surface area contributed by atoms with Gasteiger partial charge in [0.25, 0.3) is 11.8 Å². The third-order valence-electron chi connectivity index (χ3n) is 5.00. The van der Waals surface area contributed by atoms with E-state index in [-0.39, 0.29) is 5.57 Å². The Kier molecular flexibility index (Phi) is 7.08. The van der Waals surface area contributed by atoms with Gasteiger partial charge in [-0.25, -0.2) is 9.69 Å². The number of carbonyl (C=O) groups excluding carboxylic acids is 3. The number of aryl methyl sites for hydroxylation is 1. The average Bonchev–Trinajstić information content (AvgIpc) is 2.82. The SMILES string of the molecule is Cc1ccc(OCCOc2cccc(/C=C3\C(=O)NC(=O)N(c4ccc(Br)cc4)C3=O)c2)cc1. The third-order valence-corrected chi connectivity index (χ3v) is 5.53. The number of urea groups is 1. The van der Waals surface area contributed by atoms with Crippen LogP contribution >= 0.6 is 15.9 Å². The molecule has 8 heteroatoms. The lowest BCUT2D eigenvalue weighted by molar-refractivity contribution is -0.122. The Morgan fingerprint density at radius 1 is 0.882 bits per heavy atom. The van der Waals surface area contributed by atoms with Crippen molar-refractivity contribution >= 4 is 45.5 Å². The minimum absolute atomic E-state index is 0.151. The first-order valence-electron chi connectivity index (χ1n) is 10.5. The van der Waals surface area contributed by atoms with E-state index in [9.17, 15) is 14.4 Å². The lowest BCUT2D eigenvalue weighted by atomic mass is 10.1. The maximum Gasteiger partial charge on any atom is 0.335 e. The third kappa shape index (κ3) is 5.52. The van der Waals surface area contributed by atoms with Gasteiger partial charge in [-0.1, -0.05) is 45.8 Å². The Bertz CT molecular complexity index is 1250. The molecular formula is C26H21BrN2O5. The number of nitrogens with zero attached hydrogens (tertiary/aromatic N) is 1. The van der Waals surface area contributed by atoms with Crippen molar-refractivity contribution in [2.75, 3.05) is 18.1 Å². The fourth-order valence-electron chi connectivity index (χ4n) is 3.30. The summed E-state index contributed by atoms with van der Waals surface area (Å²) < 4.78 is 12.2. The Morgan fingerprint density at radius 2 is 1.56 bits per heavy atom. The quantitative estimate of drug-likeness (QED) is 0.272. The first-order valence-corrected chi connectivity index (χ1v) is 11.3. The van der Waals surface area contributed by atoms with Crippen LogP contribution in [0.3, 0.4) is 0 Å². The van der Waals surface area contributed by atoms with Gasteiger partial charge in [0.2, 0.25) is 0 Å². The van der Waals surface area contributed by atoms with Crippen LogP contribution in [0.25, 0.3) is 6.08 Å². The molecule has 34 heavy (non-hydrogen) atoms. The molecule has 4 amide bonds. The van der Waals surface area contributed by atoms with Crippen LogP contribution in [-0.4, -0.2) is 31.1 Å². The summed E-state index contributed by atoms with van der Waals surface area (Å²) in [5, 5.41) is 2.22. The zero-order chi connectivity index (χ0) is 24.1. The van der Waals surface area contributed by atoms with Crippen LogP contribution in [0, 0.1) is 6.92 Å². The van der Waals surface area contributed by atoms with Gasteiger partial charge in [-0.2, -0.15) is 0 Å². The van der Waals surface area contributed by atoms with Crippen LogP contribution < -0.4 is 19.7 Å². The topological polar surface area (TPSA) is 84.9 Å². The highest BCUT2D eigenvalue weighted by atomic mass is 79.9. The number of amides is 4. The number of barbiturate groups is 1. The Labute approximate surface area is 205 Å². The van der Waals surface area contributed by atoms with Crippen LogP contribution in [0.4, 0.5) is 10.5 Å². The number of hydrogen-bond acceptors (Lipinski definition) is 5. The monoisotopic (exact) mass is 520 g/mol. The van der Waals surface area contributed by atoms with Crippen LogP contribution in [0.1, 0.15) is 11.1 Å². The molecule has 0 aliphatic carbocycles. The fourth-order valence-corrected chi connectivity index (χ4v) is 3.56. The van der Waals surface area contributed by atoms with Crippen molar-refractivity contribution in [1.82, 2.24) is 5.32 Å². The lowest BCUT2D eigenvalue weighted by Gasteiger charge is -2.26. The van der Waals surface area contributed by atoms with Gasteiger partial charge in [-0.15, -0.1) is 0 Å². The van der Waals surface area contributed by atoms with Gasteiger partial charge in [0.15, 0.2) is 0 Å². The van der Waals surface area contributed by atoms with Crippen molar-refractivity contribution in [3.63, 3.8) is 0 Å². The van der Waals surface area contributed by atoms with E-state index >= 15 is 0 Å². The molecular weight excluding hydrogens is 500 g/mol. The smallest absolute Gasteiger partial charge is 0.335 e. The standard InChI is InChI=1S/C26H21BrN2O5/c1-17-5-11-21(12-6-17)33-13-14-34-22-4-2-3-18(15-22)16-23-24(30)28-26(32)29(25(23)31)20-9-7-19(27)8-10-20/h2-12,15-16H,13-14H2,1H3,(H,28,30,32)/b23-16+. The molecule has 1 aliphatic heterocycles. The number of ether oxygens (including phenoxy) is 2. The summed E-state index contributed by atoms with van der Waals surface area (Å²) in [6, 6.07) is 20.6. The summed E-state index contributed by atoms with van der Waals surface area (Å²) in [6.07, 6.45) is 1.44. The number of anilines is 1. The van der Waals surface area contributed by atoms with Gasteiger partial charge in [0.1, 0.15) is 30.3 Å². The van der Waals surface area contributed by atoms with Crippen LogP contribution in [-0.2, 0) is 9.59 Å². The number of benzene rings is 3. The number of nitrogens with one attached hydrogen (secondary N) is 1. The van der Waals surface area contributed by atoms with Crippen molar-refractivity contribution in [2.24, 2.45) is 0 Å². The molecule has 0 unspecified atom stereocenters. The van der Waals surface area contributed by atoms with Gasteiger partial charge < -0.3 is 9.47 Å². The molecule has 0 saturated carbocycles. The molecule has 4 rings (SSSR count). The van der Waals surface area contributed by atoms with Gasteiger partial charge >= 0.3 is 6.03 Å². The molecule has 0 radical (unpaired) electrons. The van der Waals surface area contributed by atoms with Crippen molar-refractivity contribution in [3.8, 4) is 11.5 Å². The van der Waals surface area contributed by atoms with Crippen molar-refractivity contribution < 1.29 is 23.9 Å². The summed E-state index contributed by atoms with van der Waals surface area (Å²) in [7, 11) is 0. The van der Waals surface area contributed by atoms with E-state index in [4.69, 9.17) is 9.47 Å². The molecule has 1 heterocycles. The molecule has 1 aliphatic rings. The highest BCUT2D eigenvalue weighted by molar-refractivity contribution is 9.10. The second-order valence-corrected chi connectivity index (χ2v) is 8.43. The van der Waals surface area contributed by atoms with E-state index in [0.717, 1.165) is 20.7 Å². The predicted octanol–water partition coefficient (Wildman–Crippen LogP) is 4.88. The normalized spacial score (nSPS) is 14.8. The lowest BCUT2D eigenvalue weighted by Crippen LogP contribution is -2.54. The van der Waals surface area contributed by atoms with E-state index in [1.54, 1.807) is 48.5 Å². The molecule has 1 N–H and O–H groups in total. The Balaban J connectivity index is 1.44. The summed E-state index contributed by atoms with van der Waals surface area (Å²) in [4.78, 5) is 38.7. The Hall–Kier alpha value is -3.91. The summed E-state index contributed by atoms with van der Waals surface area (Å²) >= 11 is 3.32. The highest BCUT2D eigenvalue weighted by Gasteiger charge is 2.36. The number of imide groups is 2. The van der Waals surface area contributed by atoms with Crippen LogP contribution in [0.15, 0.2) is 82.8 Å². The number of hydrogen-bond donors (Lipinski definition) is 1. The molecule has 3 aromatic rings. The molecule has 3 aromatic carbocycles. The van der Waals surface area contributed by atoms with Crippen molar-refractivity contribution in [2.45, 2.75) is 6.92 Å². The summed E-state index contributed by atoms with van der Waals surface area (Å²) in [6.45, 7) is 2.69. The first-order chi connectivity index (χ1) is 16.4. The largest absolute Gasteiger partial charge is 0.490 e. The molecule has 0 bridgehead atoms. The second kappa shape index (κ2) is 10.4. The molecule has 0 spiro atoms. The molecule has 1 saturated heterocycles. The van der Waals surface area contributed by atoms with E-state index in [0.29, 0.717) is 30.2 Å². The minimum Gasteiger partial charge on any atom is -0.490 e. The minimum atomic E-state index is -0.792. The van der Waals surface area contributed by atoms with E-state index in [2.05, 4.69) is 21.2 Å². The van der Waals surface area contributed by atoms with Crippen molar-refractivity contribution in [1.29, 1.82) is 0 Å². The van der Waals surface area contributed by atoms with Gasteiger partial charge in [-0.05, 0) is 67.1 Å². The van der Waals surface area contributed by atoms with Gasteiger partial charge in [0.05, 0.1) is 5.69 Å². The fraction of sp³-hybridized carbons (Fsp3) is 0.115. The maximum atomic E-state index is 13.0. The summed E-state index contributed by atoms with van der Waals surface area (Å²) in [5.74, 6) is -0.124. The second-order valence-electron chi connectivity index (χ2n) is 7.52. The number of carbonyl (C=O) groups is 3. The van der Waals surface area contributed by atoms with Crippen LogP contribution in [0.2, 0.25) is 0 Å².